The number of nitrogens with zero attached hydrogens (tertiary/aromatic N) is 2. The van der Waals surface area contributed by atoms with E-state index in [1.54, 1.807) is 17.0 Å². The van der Waals surface area contributed by atoms with Crippen LogP contribution in [0.25, 0.3) is 0 Å². The molecule has 2 rings (SSSR count). The number of ether oxygens (including phenoxy) is 1. The van der Waals surface area contributed by atoms with Crippen LogP contribution >= 0.6 is 15.9 Å². The Labute approximate surface area is 158 Å². The number of aryl methyl sites for hydroxylation is 1. The first kappa shape index (κ1) is 20.2. The maximum Gasteiger partial charge on any atom is 0.410 e. The van der Waals surface area contributed by atoms with E-state index in [1.807, 2.05) is 33.8 Å². The minimum atomic E-state index is -3.57. The molecule has 0 aromatic heterocycles. The molecule has 1 saturated heterocycles. The van der Waals surface area contributed by atoms with Gasteiger partial charge >= 0.3 is 6.09 Å². The lowest BCUT2D eigenvalue weighted by Gasteiger charge is -2.35. The summed E-state index contributed by atoms with van der Waals surface area (Å²) in [6, 6.07) is 5.21. The van der Waals surface area contributed by atoms with Gasteiger partial charge in [-0.1, -0.05) is 22.9 Å². The van der Waals surface area contributed by atoms with Crippen LogP contribution in [0.5, 0.6) is 0 Å². The highest BCUT2D eigenvalue weighted by atomic mass is 79.9. The molecule has 1 fully saturated rings. The molecular weight excluding hydrogens is 408 g/mol. The molecule has 1 aliphatic rings. The molecule has 8 heteroatoms. The Bertz CT molecular complexity index is 736. The summed E-state index contributed by atoms with van der Waals surface area (Å²) in [5, 5.41) is 0. The highest BCUT2D eigenvalue weighted by Crippen LogP contribution is 2.25. The van der Waals surface area contributed by atoms with Crippen LogP contribution in [0.15, 0.2) is 27.6 Å². The molecule has 0 radical (unpaired) electrons. The third-order valence-electron chi connectivity index (χ3n) is 3.91. The lowest BCUT2D eigenvalue weighted by atomic mass is 10.2. The van der Waals surface area contributed by atoms with Crippen molar-refractivity contribution >= 4 is 32.0 Å². The molecule has 0 spiro atoms. The van der Waals surface area contributed by atoms with E-state index >= 15 is 0 Å². The molecule has 1 amide bonds. The number of sulfonamides is 1. The fourth-order valence-corrected chi connectivity index (χ4v) is 4.76. The van der Waals surface area contributed by atoms with Gasteiger partial charge in [-0.25, -0.2) is 13.2 Å². The molecule has 0 atom stereocenters. The Hall–Kier alpha value is -1.12. The highest BCUT2D eigenvalue weighted by molar-refractivity contribution is 9.10. The van der Waals surface area contributed by atoms with Gasteiger partial charge in [0.15, 0.2) is 0 Å². The molecule has 25 heavy (non-hydrogen) atoms. The molecule has 1 aromatic carbocycles. The van der Waals surface area contributed by atoms with Crippen molar-refractivity contribution in [1.29, 1.82) is 0 Å². The molecule has 0 aliphatic carbocycles. The van der Waals surface area contributed by atoms with Gasteiger partial charge in [-0.2, -0.15) is 4.31 Å². The number of hydrogen-bond donors (Lipinski definition) is 0. The van der Waals surface area contributed by atoms with Gasteiger partial charge in [0.1, 0.15) is 5.60 Å². The fraction of sp³-hybridized carbons (Fsp3) is 0.588. The number of piperazine rings is 1. The Kier molecular flexibility index (Phi) is 6.17. The number of carbonyl (C=O) groups is 1. The van der Waals surface area contributed by atoms with Crippen molar-refractivity contribution in [3.8, 4) is 0 Å². The Morgan fingerprint density at radius 2 is 1.80 bits per heavy atom. The number of halogens is 1. The average Bonchev–Trinajstić information content (AvgIpc) is 2.53. The highest BCUT2D eigenvalue weighted by Gasteiger charge is 2.32. The van der Waals surface area contributed by atoms with Gasteiger partial charge in [0.2, 0.25) is 10.0 Å². The van der Waals surface area contributed by atoms with E-state index in [9.17, 15) is 13.2 Å². The summed E-state index contributed by atoms with van der Waals surface area (Å²) in [4.78, 5) is 14.0. The van der Waals surface area contributed by atoms with E-state index in [-0.39, 0.29) is 13.1 Å². The van der Waals surface area contributed by atoms with E-state index in [1.165, 1.54) is 4.31 Å². The van der Waals surface area contributed by atoms with Gasteiger partial charge < -0.3 is 9.64 Å². The van der Waals surface area contributed by atoms with Gasteiger partial charge in [-0.3, -0.25) is 0 Å². The minimum absolute atomic E-state index is 0.265. The van der Waals surface area contributed by atoms with Crippen LogP contribution in [0, 0.1) is 0 Å². The van der Waals surface area contributed by atoms with Crippen molar-refractivity contribution in [3.63, 3.8) is 0 Å². The molecule has 1 aliphatic heterocycles. The SMILES string of the molecule is CCc1cc(Br)ccc1S(=O)(=O)N1CCN(C(=O)OC(C)(C)C)CC1. The number of rotatable bonds is 3. The predicted molar refractivity (Wildman–Crippen MR) is 100 cm³/mol. The lowest BCUT2D eigenvalue weighted by Crippen LogP contribution is -2.51. The van der Waals surface area contributed by atoms with Gasteiger partial charge in [0.05, 0.1) is 4.90 Å². The average molecular weight is 433 g/mol. The molecule has 0 saturated carbocycles. The first-order valence-corrected chi connectivity index (χ1v) is 10.5. The summed E-state index contributed by atoms with van der Waals surface area (Å²) in [5.41, 5.74) is 0.220. The molecule has 0 N–H and O–H groups in total. The van der Waals surface area contributed by atoms with E-state index < -0.39 is 21.7 Å². The number of hydrogen-bond acceptors (Lipinski definition) is 4. The van der Waals surface area contributed by atoms with Crippen LogP contribution < -0.4 is 0 Å². The van der Waals surface area contributed by atoms with E-state index in [0.29, 0.717) is 24.4 Å². The zero-order valence-electron chi connectivity index (χ0n) is 15.1. The summed E-state index contributed by atoms with van der Waals surface area (Å²) < 4.78 is 33.6. The van der Waals surface area contributed by atoms with Crippen molar-refractivity contribution in [2.45, 2.75) is 44.6 Å². The molecule has 1 aromatic rings. The van der Waals surface area contributed by atoms with E-state index in [0.717, 1.165) is 10.0 Å². The van der Waals surface area contributed by atoms with Crippen LogP contribution in [0.2, 0.25) is 0 Å². The topological polar surface area (TPSA) is 66.9 Å². The fourth-order valence-electron chi connectivity index (χ4n) is 2.65. The van der Waals surface area contributed by atoms with Crippen molar-refractivity contribution in [2.75, 3.05) is 26.2 Å². The second-order valence-corrected chi connectivity index (χ2v) is 9.80. The third-order valence-corrected chi connectivity index (χ3v) is 6.40. The first-order chi connectivity index (χ1) is 11.5. The molecule has 1 heterocycles. The third kappa shape index (κ3) is 4.95. The standard InChI is InChI=1S/C17H25BrN2O4S/c1-5-13-12-14(18)6-7-15(13)25(22,23)20-10-8-19(9-11-20)16(21)24-17(2,3)4/h6-7,12H,5,8-11H2,1-4H3. The molecule has 0 bridgehead atoms. The summed E-state index contributed by atoms with van der Waals surface area (Å²) in [7, 11) is -3.57. The minimum Gasteiger partial charge on any atom is -0.444 e. The quantitative estimate of drug-likeness (QED) is 0.734. The van der Waals surface area contributed by atoms with Crippen molar-refractivity contribution < 1.29 is 17.9 Å². The Morgan fingerprint density at radius 1 is 1.20 bits per heavy atom. The van der Waals surface area contributed by atoms with Crippen molar-refractivity contribution in [3.05, 3.63) is 28.2 Å². The zero-order chi connectivity index (χ0) is 18.8. The van der Waals surface area contributed by atoms with Crippen LogP contribution in [-0.2, 0) is 21.2 Å². The number of carbonyl (C=O) groups excluding carboxylic acids is 1. The van der Waals surface area contributed by atoms with Crippen LogP contribution in [-0.4, -0.2) is 55.5 Å². The summed E-state index contributed by atoms with van der Waals surface area (Å²) in [6.07, 6.45) is 0.230. The molecule has 6 nitrogen and oxygen atoms in total. The predicted octanol–water partition coefficient (Wildman–Crippen LogP) is 3.25. The van der Waals surface area contributed by atoms with Gasteiger partial charge in [0.25, 0.3) is 0 Å². The zero-order valence-corrected chi connectivity index (χ0v) is 17.5. The van der Waals surface area contributed by atoms with E-state index in [2.05, 4.69) is 15.9 Å². The van der Waals surface area contributed by atoms with Gasteiger partial charge in [-0.05, 0) is 51.0 Å². The normalized spacial score (nSPS) is 16.8. The number of amides is 1. The monoisotopic (exact) mass is 432 g/mol. The molecular formula is C17H25BrN2O4S. The van der Waals surface area contributed by atoms with Crippen LogP contribution in [0.3, 0.4) is 0 Å². The molecule has 140 valence electrons. The summed E-state index contributed by atoms with van der Waals surface area (Å²) >= 11 is 3.38. The second-order valence-electron chi connectivity index (χ2n) is 6.98. The van der Waals surface area contributed by atoms with Crippen LogP contribution in [0.1, 0.15) is 33.3 Å². The lowest BCUT2D eigenvalue weighted by molar-refractivity contribution is 0.0192. The molecule has 0 unspecified atom stereocenters. The maximum absolute atomic E-state index is 13.0. The smallest absolute Gasteiger partial charge is 0.410 e. The van der Waals surface area contributed by atoms with Crippen molar-refractivity contribution in [2.24, 2.45) is 0 Å². The van der Waals surface area contributed by atoms with Crippen molar-refractivity contribution in [1.82, 2.24) is 9.21 Å². The Balaban J connectivity index is 2.11. The van der Waals surface area contributed by atoms with E-state index in [4.69, 9.17) is 4.74 Å². The largest absolute Gasteiger partial charge is 0.444 e. The summed E-state index contributed by atoms with van der Waals surface area (Å²) in [6.45, 7) is 8.54. The summed E-state index contributed by atoms with van der Waals surface area (Å²) in [5.74, 6) is 0. The van der Waals surface area contributed by atoms with Crippen LogP contribution in [0.4, 0.5) is 4.79 Å². The maximum atomic E-state index is 13.0. The number of benzene rings is 1. The van der Waals surface area contributed by atoms with Gasteiger partial charge in [-0.15, -0.1) is 0 Å². The Morgan fingerprint density at radius 3 is 2.32 bits per heavy atom. The second kappa shape index (κ2) is 7.63. The first-order valence-electron chi connectivity index (χ1n) is 8.31. The van der Waals surface area contributed by atoms with Gasteiger partial charge in [0, 0.05) is 30.7 Å².